The van der Waals surface area contributed by atoms with Gasteiger partial charge in [-0.25, -0.2) is 0 Å². The van der Waals surface area contributed by atoms with Gasteiger partial charge in [0.1, 0.15) is 6.29 Å². The Morgan fingerprint density at radius 2 is 1.67 bits per heavy atom. The Bertz CT molecular complexity index is 65.5. The molecule has 3 heteroatoms. The van der Waals surface area contributed by atoms with Gasteiger partial charge in [0, 0.05) is 13.5 Å². The minimum atomic E-state index is 0.693. The van der Waals surface area contributed by atoms with E-state index in [0.29, 0.717) is 6.42 Å². The zero-order valence-electron chi connectivity index (χ0n) is 9.00. The van der Waals surface area contributed by atoms with E-state index >= 15 is 0 Å². The van der Waals surface area contributed by atoms with E-state index in [4.69, 9.17) is 5.11 Å². The fourth-order valence-corrected chi connectivity index (χ4v) is 0.491. The zero-order chi connectivity index (χ0) is 10.4. The Morgan fingerprint density at radius 3 is 1.92 bits per heavy atom. The van der Waals surface area contributed by atoms with Gasteiger partial charge in [-0.05, 0) is 27.1 Å². The highest BCUT2D eigenvalue weighted by Crippen LogP contribution is 1.84. The van der Waals surface area contributed by atoms with Crippen LogP contribution in [0.15, 0.2) is 0 Å². The van der Waals surface area contributed by atoms with Gasteiger partial charge >= 0.3 is 0 Å². The predicted molar refractivity (Wildman–Crippen MR) is 53.3 cm³/mol. The van der Waals surface area contributed by atoms with Gasteiger partial charge < -0.3 is 14.8 Å². The molecule has 0 saturated carbocycles. The minimum Gasteiger partial charge on any atom is -0.400 e. The van der Waals surface area contributed by atoms with Crippen LogP contribution in [0.5, 0.6) is 0 Å². The SMILES string of the molecule is CC.CN(C)CCCC=O.CO. The molecule has 0 radical (unpaired) electrons. The van der Waals surface area contributed by atoms with Crippen molar-refractivity contribution in [3.63, 3.8) is 0 Å². The van der Waals surface area contributed by atoms with Gasteiger partial charge in [-0.2, -0.15) is 0 Å². The molecule has 0 aliphatic carbocycles. The van der Waals surface area contributed by atoms with E-state index in [-0.39, 0.29) is 0 Å². The quantitative estimate of drug-likeness (QED) is 0.517. The molecule has 0 bridgehead atoms. The highest BCUT2D eigenvalue weighted by Gasteiger charge is 1.86. The smallest absolute Gasteiger partial charge is 0.120 e. The Labute approximate surface area is 76.4 Å². The first-order valence-electron chi connectivity index (χ1n) is 4.30. The van der Waals surface area contributed by atoms with Crippen LogP contribution < -0.4 is 0 Å². The summed E-state index contributed by atoms with van der Waals surface area (Å²) >= 11 is 0. The summed E-state index contributed by atoms with van der Waals surface area (Å²) < 4.78 is 0. The average molecular weight is 177 g/mol. The molecule has 0 heterocycles. The summed E-state index contributed by atoms with van der Waals surface area (Å²) in [6.45, 7) is 5.01. The molecule has 0 amide bonds. The maximum Gasteiger partial charge on any atom is 0.120 e. The molecule has 76 valence electrons. The molecule has 0 saturated heterocycles. The number of hydrogen-bond acceptors (Lipinski definition) is 3. The Kier molecular flexibility index (Phi) is 32.9. The Hall–Kier alpha value is -0.410. The summed E-state index contributed by atoms with van der Waals surface area (Å²) in [6, 6.07) is 0. The Morgan fingerprint density at radius 1 is 1.25 bits per heavy atom. The molecule has 0 aromatic heterocycles. The molecule has 0 unspecified atom stereocenters. The molecule has 0 fully saturated rings. The number of hydrogen-bond donors (Lipinski definition) is 1. The largest absolute Gasteiger partial charge is 0.400 e. The maximum atomic E-state index is 9.77. The first kappa shape index (κ1) is 17.6. The number of unbranched alkanes of at least 4 members (excludes halogenated alkanes) is 1. The monoisotopic (exact) mass is 177 g/mol. The van der Waals surface area contributed by atoms with Gasteiger partial charge in [-0.3, -0.25) is 0 Å². The van der Waals surface area contributed by atoms with E-state index in [0.717, 1.165) is 26.4 Å². The maximum absolute atomic E-state index is 9.77. The average Bonchev–Trinajstić information content (AvgIpc) is 2.12. The van der Waals surface area contributed by atoms with Crippen molar-refractivity contribution in [1.82, 2.24) is 4.90 Å². The lowest BCUT2D eigenvalue weighted by molar-refractivity contribution is -0.107. The second-order valence-corrected chi connectivity index (χ2v) is 2.11. The minimum absolute atomic E-state index is 0.693. The lowest BCUT2D eigenvalue weighted by Crippen LogP contribution is -2.12. The first-order chi connectivity index (χ1) is 5.77. The number of rotatable bonds is 4. The summed E-state index contributed by atoms with van der Waals surface area (Å²) in [6.07, 6.45) is 2.64. The first-order valence-corrected chi connectivity index (χ1v) is 4.30. The Balaban J connectivity index is -0.000000175. The fourth-order valence-electron chi connectivity index (χ4n) is 0.491. The molecule has 0 aliphatic heterocycles. The van der Waals surface area contributed by atoms with E-state index < -0.39 is 0 Å². The number of aldehydes is 1. The van der Waals surface area contributed by atoms with E-state index in [1.165, 1.54) is 0 Å². The van der Waals surface area contributed by atoms with Crippen LogP contribution in [-0.4, -0.2) is 44.0 Å². The molecule has 1 N–H and O–H groups in total. The van der Waals surface area contributed by atoms with Crippen molar-refractivity contribution in [2.24, 2.45) is 0 Å². The summed E-state index contributed by atoms with van der Waals surface area (Å²) in [5, 5.41) is 7.00. The predicted octanol–water partition coefficient (Wildman–Crippen LogP) is 1.16. The molecule has 0 rings (SSSR count). The van der Waals surface area contributed by atoms with Crippen LogP contribution in [0.3, 0.4) is 0 Å². The van der Waals surface area contributed by atoms with Gasteiger partial charge in [0.15, 0.2) is 0 Å². The summed E-state index contributed by atoms with van der Waals surface area (Å²) in [7, 11) is 5.01. The van der Waals surface area contributed by atoms with Gasteiger partial charge in [-0.15, -0.1) is 0 Å². The summed E-state index contributed by atoms with van der Waals surface area (Å²) in [5.41, 5.74) is 0. The van der Waals surface area contributed by atoms with E-state index in [1.807, 2.05) is 27.9 Å². The number of carbonyl (C=O) groups excluding carboxylic acids is 1. The van der Waals surface area contributed by atoms with Crippen LogP contribution in [0, 0.1) is 0 Å². The normalized spacial score (nSPS) is 7.58. The highest BCUT2D eigenvalue weighted by molar-refractivity contribution is 5.48. The standard InChI is InChI=1S/C6H13NO.C2H6.CH4O/c1-7(2)5-3-4-6-8;2*1-2/h6H,3-5H2,1-2H3;1-2H3;2H,1H3. The molecule has 3 nitrogen and oxygen atoms in total. The van der Waals surface area contributed by atoms with Crippen molar-refractivity contribution in [2.75, 3.05) is 27.7 Å². The zero-order valence-corrected chi connectivity index (χ0v) is 9.00. The van der Waals surface area contributed by atoms with Gasteiger partial charge in [0.2, 0.25) is 0 Å². The van der Waals surface area contributed by atoms with Crippen LogP contribution in [-0.2, 0) is 4.79 Å². The molecular formula is C9H23NO2. The lowest BCUT2D eigenvalue weighted by atomic mass is 10.3. The second kappa shape index (κ2) is 22.4. The molecule has 0 atom stereocenters. The van der Waals surface area contributed by atoms with Crippen molar-refractivity contribution in [1.29, 1.82) is 0 Å². The van der Waals surface area contributed by atoms with E-state index in [1.54, 1.807) is 0 Å². The number of carbonyl (C=O) groups is 1. The van der Waals surface area contributed by atoms with Crippen LogP contribution in [0.1, 0.15) is 26.7 Å². The second-order valence-electron chi connectivity index (χ2n) is 2.11. The van der Waals surface area contributed by atoms with Gasteiger partial charge in [-0.1, -0.05) is 13.8 Å². The molecule has 0 aromatic rings. The van der Waals surface area contributed by atoms with Crippen molar-refractivity contribution in [2.45, 2.75) is 26.7 Å². The summed E-state index contributed by atoms with van der Waals surface area (Å²) in [5.74, 6) is 0. The van der Waals surface area contributed by atoms with Crippen molar-refractivity contribution in [3.8, 4) is 0 Å². The number of aliphatic hydroxyl groups is 1. The molecule has 0 spiro atoms. The van der Waals surface area contributed by atoms with Crippen molar-refractivity contribution >= 4 is 6.29 Å². The van der Waals surface area contributed by atoms with E-state index in [2.05, 4.69) is 4.90 Å². The van der Waals surface area contributed by atoms with Crippen LogP contribution in [0.25, 0.3) is 0 Å². The third kappa shape index (κ3) is 33.6. The fraction of sp³-hybridized carbons (Fsp3) is 0.889. The van der Waals surface area contributed by atoms with Crippen molar-refractivity contribution in [3.05, 3.63) is 0 Å². The molecular weight excluding hydrogens is 154 g/mol. The highest BCUT2D eigenvalue weighted by atomic mass is 16.2. The number of aliphatic hydroxyl groups excluding tert-OH is 1. The van der Waals surface area contributed by atoms with Gasteiger partial charge in [0.05, 0.1) is 0 Å². The topological polar surface area (TPSA) is 40.5 Å². The molecule has 12 heavy (non-hydrogen) atoms. The third-order valence-electron chi connectivity index (χ3n) is 0.927. The van der Waals surface area contributed by atoms with Gasteiger partial charge in [0.25, 0.3) is 0 Å². The lowest BCUT2D eigenvalue weighted by Gasteiger charge is -2.05. The van der Waals surface area contributed by atoms with Crippen molar-refractivity contribution < 1.29 is 9.90 Å². The van der Waals surface area contributed by atoms with E-state index in [9.17, 15) is 4.79 Å². The van der Waals surface area contributed by atoms with Crippen LogP contribution in [0.4, 0.5) is 0 Å². The van der Waals surface area contributed by atoms with Crippen LogP contribution in [0.2, 0.25) is 0 Å². The summed E-state index contributed by atoms with van der Waals surface area (Å²) in [4.78, 5) is 11.8. The van der Waals surface area contributed by atoms with Crippen LogP contribution >= 0.6 is 0 Å². The molecule has 0 aromatic carbocycles. The molecule has 0 aliphatic rings. The third-order valence-corrected chi connectivity index (χ3v) is 0.927. The number of nitrogens with zero attached hydrogens (tertiary/aromatic N) is 1.